The highest BCUT2D eigenvalue weighted by Gasteiger charge is 2.12. The molecular formula is C13H15BrFNO. The summed E-state index contributed by atoms with van der Waals surface area (Å²) in [5.74, 6) is 0.509. The zero-order valence-corrected chi connectivity index (χ0v) is 11.7. The van der Waals surface area contributed by atoms with Gasteiger partial charge in [-0.1, -0.05) is 0 Å². The third-order valence-corrected chi connectivity index (χ3v) is 3.01. The third-order valence-electron chi connectivity index (χ3n) is 2.40. The van der Waals surface area contributed by atoms with Gasteiger partial charge in [-0.3, -0.25) is 0 Å². The predicted molar refractivity (Wildman–Crippen MR) is 70.5 cm³/mol. The molecule has 0 atom stereocenters. The Morgan fingerprint density at radius 2 is 2.00 bits per heavy atom. The molecule has 2 nitrogen and oxygen atoms in total. The van der Waals surface area contributed by atoms with Gasteiger partial charge in [-0.2, -0.15) is 0 Å². The molecule has 1 aromatic heterocycles. The number of hydrogen-bond donors (Lipinski definition) is 1. The molecule has 0 aliphatic heterocycles. The standard InChI is InChI=1S/C13H15BrFNO/c1-13(2,3)16-7-9-4-8-5-10(14)11(15)6-12(8)17-9/h4-6,16H,7H2,1-3H3. The average Bonchev–Trinajstić information content (AvgIpc) is 2.57. The van der Waals surface area contributed by atoms with Crippen LogP contribution in [0.15, 0.2) is 27.1 Å². The molecule has 1 heterocycles. The van der Waals surface area contributed by atoms with Gasteiger partial charge in [0.15, 0.2) is 0 Å². The Morgan fingerprint density at radius 3 is 2.65 bits per heavy atom. The van der Waals surface area contributed by atoms with E-state index in [0.717, 1.165) is 11.1 Å². The van der Waals surface area contributed by atoms with Crippen molar-refractivity contribution < 1.29 is 8.81 Å². The molecular weight excluding hydrogens is 285 g/mol. The summed E-state index contributed by atoms with van der Waals surface area (Å²) in [6.07, 6.45) is 0. The van der Waals surface area contributed by atoms with Crippen LogP contribution in [-0.2, 0) is 6.54 Å². The maximum atomic E-state index is 13.3. The SMILES string of the molecule is CC(C)(C)NCc1cc2cc(Br)c(F)cc2o1. The molecule has 0 unspecified atom stereocenters. The van der Waals surface area contributed by atoms with E-state index in [1.165, 1.54) is 6.07 Å². The van der Waals surface area contributed by atoms with E-state index < -0.39 is 0 Å². The van der Waals surface area contributed by atoms with Crippen LogP contribution in [0.1, 0.15) is 26.5 Å². The molecule has 0 bridgehead atoms. The van der Waals surface area contributed by atoms with Crippen LogP contribution in [0, 0.1) is 5.82 Å². The van der Waals surface area contributed by atoms with Gasteiger partial charge >= 0.3 is 0 Å². The lowest BCUT2D eigenvalue weighted by molar-refractivity contribution is 0.395. The molecule has 0 amide bonds. The molecule has 0 spiro atoms. The highest BCUT2D eigenvalue weighted by atomic mass is 79.9. The van der Waals surface area contributed by atoms with E-state index in [1.54, 1.807) is 6.07 Å². The van der Waals surface area contributed by atoms with E-state index in [-0.39, 0.29) is 11.4 Å². The van der Waals surface area contributed by atoms with Gasteiger partial charge in [0, 0.05) is 17.0 Å². The van der Waals surface area contributed by atoms with Crippen LogP contribution in [0.4, 0.5) is 4.39 Å². The molecule has 4 heteroatoms. The number of furan rings is 1. The van der Waals surface area contributed by atoms with Crippen LogP contribution in [0.2, 0.25) is 0 Å². The number of fused-ring (bicyclic) bond motifs is 1. The molecule has 1 aromatic carbocycles. The minimum atomic E-state index is -0.304. The van der Waals surface area contributed by atoms with Gasteiger partial charge in [-0.25, -0.2) is 4.39 Å². The van der Waals surface area contributed by atoms with Crippen LogP contribution in [0.3, 0.4) is 0 Å². The largest absolute Gasteiger partial charge is 0.460 e. The zero-order valence-electron chi connectivity index (χ0n) is 10.1. The van der Waals surface area contributed by atoms with Gasteiger partial charge in [0.25, 0.3) is 0 Å². The van der Waals surface area contributed by atoms with Crippen LogP contribution in [0.25, 0.3) is 11.0 Å². The van der Waals surface area contributed by atoms with Gasteiger partial charge in [0.2, 0.25) is 0 Å². The highest BCUT2D eigenvalue weighted by Crippen LogP contribution is 2.26. The lowest BCUT2D eigenvalue weighted by atomic mass is 10.1. The maximum Gasteiger partial charge on any atom is 0.141 e. The van der Waals surface area contributed by atoms with Crippen molar-refractivity contribution >= 4 is 26.9 Å². The Labute approximate surface area is 108 Å². The molecule has 17 heavy (non-hydrogen) atoms. The molecule has 0 aliphatic rings. The van der Waals surface area contributed by atoms with Crippen LogP contribution in [-0.4, -0.2) is 5.54 Å². The van der Waals surface area contributed by atoms with E-state index in [2.05, 4.69) is 42.0 Å². The highest BCUT2D eigenvalue weighted by molar-refractivity contribution is 9.10. The Bertz CT molecular complexity index is 503. The Morgan fingerprint density at radius 1 is 1.29 bits per heavy atom. The molecule has 0 saturated heterocycles. The monoisotopic (exact) mass is 299 g/mol. The molecule has 0 fully saturated rings. The molecule has 1 N–H and O–H groups in total. The Hall–Kier alpha value is -0.870. The maximum absolute atomic E-state index is 13.3. The molecule has 92 valence electrons. The Balaban J connectivity index is 2.26. The van der Waals surface area contributed by atoms with Crippen molar-refractivity contribution in [3.63, 3.8) is 0 Å². The summed E-state index contributed by atoms with van der Waals surface area (Å²) < 4.78 is 19.3. The summed E-state index contributed by atoms with van der Waals surface area (Å²) in [7, 11) is 0. The summed E-state index contributed by atoms with van der Waals surface area (Å²) in [4.78, 5) is 0. The van der Waals surface area contributed by atoms with Crippen LogP contribution in [0.5, 0.6) is 0 Å². The van der Waals surface area contributed by atoms with Crippen molar-refractivity contribution in [3.8, 4) is 0 Å². The third kappa shape index (κ3) is 3.07. The number of halogens is 2. The molecule has 0 radical (unpaired) electrons. The lowest BCUT2D eigenvalue weighted by Gasteiger charge is -2.19. The van der Waals surface area contributed by atoms with E-state index in [0.29, 0.717) is 16.6 Å². The number of benzene rings is 1. The van der Waals surface area contributed by atoms with Gasteiger partial charge in [0.1, 0.15) is 17.2 Å². The van der Waals surface area contributed by atoms with E-state index in [9.17, 15) is 4.39 Å². The summed E-state index contributed by atoms with van der Waals surface area (Å²) in [5, 5.41) is 4.24. The fraction of sp³-hybridized carbons (Fsp3) is 0.385. The molecule has 0 saturated carbocycles. The minimum Gasteiger partial charge on any atom is -0.460 e. The molecule has 2 aromatic rings. The van der Waals surface area contributed by atoms with E-state index >= 15 is 0 Å². The second-order valence-electron chi connectivity index (χ2n) is 5.12. The first-order valence-electron chi connectivity index (χ1n) is 5.48. The van der Waals surface area contributed by atoms with Crippen molar-refractivity contribution in [2.45, 2.75) is 32.9 Å². The summed E-state index contributed by atoms with van der Waals surface area (Å²) in [6.45, 7) is 6.90. The normalized spacial score (nSPS) is 12.3. The fourth-order valence-corrected chi connectivity index (χ4v) is 1.89. The first kappa shape index (κ1) is 12.6. The number of rotatable bonds is 2. The van der Waals surface area contributed by atoms with Crippen molar-refractivity contribution in [2.24, 2.45) is 0 Å². The van der Waals surface area contributed by atoms with Crippen molar-refractivity contribution in [2.75, 3.05) is 0 Å². The summed E-state index contributed by atoms with van der Waals surface area (Å²) in [5.41, 5.74) is 0.613. The van der Waals surface area contributed by atoms with E-state index in [4.69, 9.17) is 4.42 Å². The van der Waals surface area contributed by atoms with Crippen molar-refractivity contribution in [1.82, 2.24) is 5.32 Å². The Kier molecular flexibility index (Phi) is 3.27. The zero-order chi connectivity index (χ0) is 12.6. The second-order valence-corrected chi connectivity index (χ2v) is 5.97. The lowest BCUT2D eigenvalue weighted by Crippen LogP contribution is -2.34. The minimum absolute atomic E-state index is 0.0325. The van der Waals surface area contributed by atoms with Gasteiger partial charge < -0.3 is 9.73 Å². The first-order chi connectivity index (χ1) is 7.85. The molecule has 2 rings (SSSR count). The van der Waals surface area contributed by atoms with Gasteiger partial charge in [-0.15, -0.1) is 0 Å². The summed E-state index contributed by atoms with van der Waals surface area (Å²) >= 11 is 3.16. The fourth-order valence-electron chi connectivity index (χ4n) is 1.53. The van der Waals surface area contributed by atoms with E-state index in [1.807, 2.05) is 6.07 Å². The first-order valence-corrected chi connectivity index (χ1v) is 6.27. The van der Waals surface area contributed by atoms with Crippen molar-refractivity contribution in [3.05, 3.63) is 34.2 Å². The smallest absolute Gasteiger partial charge is 0.141 e. The molecule has 0 aliphatic carbocycles. The second kappa shape index (κ2) is 4.42. The van der Waals surface area contributed by atoms with Gasteiger partial charge in [-0.05, 0) is 48.8 Å². The van der Waals surface area contributed by atoms with Crippen LogP contribution < -0.4 is 5.32 Å². The van der Waals surface area contributed by atoms with Crippen LogP contribution >= 0.6 is 15.9 Å². The van der Waals surface area contributed by atoms with Crippen molar-refractivity contribution in [1.29, 1.82) is 0 Å². The number of hydrogen-bond acceptors (Lipinski definition) is 2. The predicted octanol–water partition coefficient (Wildman–Crippen LogP) is 4.22. The quantitative estimate of drug-likeness (QED) is 0.898. The topological polar surface area (TPSA) is 25.2 Å². The van der Waals surface area contributed by atoms with Gasteiger partial charge in [0.05, 0.1) is 11.0 Å². The average molecular weight is 300 g/mol. The number of nitrogens with one attached hydrogen (secondary N) is 1. The summed E-state index contributed by atoms with van der Waals surface area (Å²) in [6, 6.07) is 5.06.